The van der Waals surface area contributed by atoms with Crippen molar-refractivity contribution in [2.45, 2.75) is 45.4 Å². The van der Waals surface area contributed by atoms with Crippen LogP contribution in [0.3, 0.4) is 0 Å². The number of nitriles is 1. The van der Waals surface area contributed by atoms with Gasteiger partial charge in [0.25, 0.3) is 6.71 Å². The molecule has 8 heteroatoms. The number of imidazole rings is 1. The van der Waals surface area contributed by atoms with Crippen molar-refractivity contribution in [3.63, 3.8) is 0 Å². The van der Waals surface area contributed by atoms with E-state index in [0.717, 1.165) is 53.3 Å². The van der Waals surface area contributed by atoms with Crippen LogP contribution in [-0.2, 0) is 0 Å². The van der Waals surface area contributed by atoms with Crippen LogP contribution in [0.4, 0.5) is 4.39 Å². The first-order valence-corrected chi connectivity index (χ1v) is 9.94. The summed E-state index contributed by atoms with van der Waals surface area (Å²) in [7, 11) is 0. The summed E-state index contributed by atoms with van der Waals surface area (Å²) in [5.41, 5.74) is 4.51. The largest absolute Gasteiger partial charge is 0.268 e. The fourth-order valence-electron chi connectivity index (χ4n) is 4.30. The number of nitrogens with zero attached hydrogens (tertiary/aromatic N) is 6. The molecular weight excluding hydrogens is 366 g/mol. The van der Waals surface area contributed by atoms with E-state index in [4.69, 9.17) is 5.26 Å². The van der Waals surface area contributed by atoms with E-state index in [1.54, 1.807) is 4.52 Å². The molecule has 0 aliphatic carbocycles. The Morgan fingerprint density at radius 2 is 1.93 bits per heavy atom. The van der Waals surface area contributed by atoms with Crippen molar-refractivity contribution in [1.29, 1.82) is 5.26 Å². The fourth-order valence-corrected chi connectivity index (χ4v) is 4.30. The molecule has 1 aromatic carbocycles. The van der Waals surface area contributed by atoms with Crippen molar-refractivity contribution in [3.05, 3.63) is 47.7 Å². The van der Waals surface area contributed by atoms with E-state index >= 15 is 0 Å². The molecule has 4 heterocycles. The summed E-state index contributed by atoms with van der Waals surface area (Å²) in [6.45, 7) is 4.05. The summed E-state index contributed by atoms with van der Waals surface area (Å²) in [6, 6.07) is 5.61. The highest BCUT2D eigenvalue weighted by Gasteiger charge is 2.26. The van der Waals surface area contributed by atoms with Gasteiger partial charge in [-0.25, -0.2) is 19.2 Å². The molecule has 1 aliphatic heterocycles. The second kappa shape index (κ2) is 6.69. The first kappa shape index (κ1) is 17.9. The van der Waals surface area contributed by atoms with Gasteiger partial charge in [-0.3, -0.25) is 4.68 Å². The smallest absolute Gasteiger partial charge is 0.268 e. The maximum absolute atomic E-state index is 14.9. The Labute approximate surface area is 168 Å². The number of hydrogen-bond donors (Lipinski definition) is 0. The molecule has 1 aliphatic rings. The van der Waals surface area contributed by atoms with E-state index in [0.29, 0.717) is 11.2 Å². The van der Waals surface area contributed by atoms with Gasteiger partial charge >= 0.3 is 0 Å². The first-order chi connectivity index (χ1) is 14.0. The van der Waals surface area contributed by atoms with Gasteiger partial charge in [-0.05, 0) is 50.5 Å². The molecule has 0 atom stereocenters. The van der Waals surface area contributed by atoms with Crippen LogP contribution >= 0.6 is 0 Å². The number of aryl methyl sites for hydroxylation is 2. The van der Waals surface area contributed by atoms with Crippen LogP contribution < -0.4 is 0 Å². The minimum atomic E-state index is -0.344. The van der Waals surface area contributed by atoms with Gasteiger partial charge in [0.15, 0.2) is 11.5 Å². The Morgan fingerprint density at radius 3 is 2.69 bits per heavy atom. The molecule has 0 saturated carbocycles. The van der Waals surface area contributed by atoms with E-state index < -0.39 is 0 Å². The lowest BCUT2D eigenvalue weighted by Gasteiger charge is -2.23. The van der Waals surface area contributed by atoms with Gasteiger partial charge in [-0.15, -0.1) is 0 Å². The molecule has 6 nitrogen and oxygen atoms in total. The molecular formula is C21H20BFN6. The summed E-state index contributed by atoms with van der Waals surface area (Å²) in [4.78, 5) is 4.47. The average Bonchev–Trinajstić information content (AvgIpc) is 3.31. The van der Waals surface area contributed by atoms with E-state index in [1.807, 2.05) is 43.1 Å². The van der Waals surface area contributed by atoms with Crippen LogP contribution in [-0.4, -0.2) is 31.1 Å². The molecule has 0 radical (unpaired) electrons. The Kier molecular flexibility index (Phi) is 4.12. The van der Waals surface area contributed by atoms with Gasteiger partial charge in [-0.1, -0.05) is 12.6 Å². The Bertz CT molecular complexity index is 1280. The van der Waals surface area contributed by atoms with Gasteiger partial charge in [0.05, 0.1) is 23.6 Å². The maximum atomic E-state index is 14.9. The molecule has 0 bridgehead atoms. The quantitative estimate of drug-likeness (QED) is 0.479. The zero-order valence-electron chi connectivity index (χ0n) is 16.4. The van der Waals surface area contributed by atoms with E-state index in [2.05, 4.69) is 21.1 Å². The number of hydrogen-bond acceptors (Lipinski definition) is 4. The molecule has 0 N–H and O–H groups in total. The van der Waals surface area contributed by atoms with E-state index in [-0.39, 0.29) is 18.6 Å². The third-order valence-corrected chi connectivity index (χ3v) is 5.86. The lowest BCUT2D eigenvalue weighted by Crippen LogP contribution is -2.22. The molecule has 5 rings (SSSR count). The SMILES string of the molecule is Cc1cn2nc(-c3cc(F)c4nn(C5CCB(C#N)CC5)cc4c3)cc(C)c2n1. The van der Waals surface area contributed by atoms with Crippen LogP contribution in [0, 0.1) is 30.9 Å². The highest BCUT2D eigenvalue weighted by atomic mass is 19.1. The normalized spacial score (nSPS) is 15.3. The summed E-state index contributed by atoms with van der Waals surface area (Å²) < 4.78 is 18.5. The van der Waals surface area contributed by atoms with Crippen molar-refractivity contribution in [1.82, 2.24) is 24.4 Å². The Balaban J connectivity index is 1.54. The van der Waals surface area contributed by atoms with Gasteiger partial charge in [-0.2, -0.15) is 10.2 Å². The molecule has 0 unspecified atom stereocenters. The van der Waals surface area contributed by atoms with Crippen LogP contribution in [0.2, 0.25) is 12.6 Å². The number of fused-ring (bicyclic) bond motifs is 2. The summed E-state index contributed by atoms with van der Waals surface area (Å²) in [5, 5.41) is 19.0. The topological polar surface area (TPSA) is 71.8 Å². The molecule has 0 amide bonds. The van der Waals surface area contributed by atoms with Crippen molar-refractivity contribution in [2.24, 2.45) is 0 Å². The second-order valence-electron chi connectivity index (χ2n) is 8.00. The fraction of sp³-hybridized carbons (Fsp3) is 0.333. The summed E-state index contributed by atoms with van der Waals surface area (Å²) >= 11 is 0. The standard InChI is InChI=1S/C21H20BFN6/c1-13-7-19(26-29-10-14(2)25-21(13)29)15-8-16-11-28(27-20(16)18(23)9-15)17-3-5-22(12-24)6-4-17/h7-11,17H,3-6H2,1-2H3. The predicted molar refractivity (Wildman–Crippen MR) is 110 cm³/mol. The van der Waals surface area contributed by atoms with Gasteiger partial charge in [0, 0.05) is 23.1 Å². The van der Waals surface area contributed by atoms with Crippen LogP contribution in [0.15, 0.2) is 30.6 Å². The Morgan fingerprint density at radius 1 is 1.14 bits per heavy atom. The lowest BCUT2D eigenvalue weighted by atomic mass is 9.42. The highest BCUT2D eigenvalue weighted by Crippen LogP contribution is 2.32. The summed E-state index contributed by atoms with van der Waals surface area (Å²) in [5.74, 6) is 2.01. The molecule has 144 valence electrons. The predicted octanol–water partition coefficient (Wildman–Crippen LogP) is 4.39. The maximum Gasteiger partial charge on any atom is 0.268 e. The van der Waals surface area contributed by atoms with Crippen molar-refractivity contribution >= 4 is 23.3 Å². The molecule has 0 spiro atoms. The van der Waals surface area contributed by atoms with Gasteiger partial charge in [0.2, 0.25) is 0 Å². The average molecular weight is 386 g/mol. The first-order valence-electron chi connectivity index (χ1n) is 9.94. The summed E-state index contributed by atoms with van der Waals surface area (Å²) in [6.07, 6.45) is 7.34. The van der Waals surface area contributed by atoms with E-state index in [9.17, 15) is 4.39 Å². The van der Waals surface area contributed by atoms with Gasteiger partial charge in [0.1, 0.15) is 5.52 Å². The number of benzene rings is 1. The third kappa shape index (κ3) is 3.07. The van der Waals surface area contributed by atoms with Crippen molar-refractivity contribution in [2.75, 3.05) is 0 Å². The van der Waals surface area contributed by atoms with Crippen molar-refractivity contribution < 1.29 is 4.39 Å². The molecule has 1 fully saturated rings. The number of halogens is 1. The van der Waals surface area contributed by atoms with Crippen LogP contribution in [0.25, 0.3) is 27.8 Å². The zero-order chi connectivity index (χ0) is 20.1. The molecule has 3 aromatic heterocycles. The minimum absolute atomic E-state index is 0.135. The molecule has 1 saturated heterocycles. The van der Waals surface area contributed by atoms with Gasteiger partial charge < -0.3 is 0 Å². The highest BCUT2D eigenvalue weighted by molar-refractivity contribution is 6.67. The molecule has 4 aromatic rings. The third-order valence-electron chi connectivity index (χ3n) is 5.86. The minimum Gasteiger partial charge on any atom is -0.268 e. The van der Waals surface area contributed by atoms with E-state index in [1.165, 1.54) is 6.07 Å². The van der Waals surface area contributed by atoms with Crippen LogP contribution in [0.5, 0.6) is 0 Å². The zero-order valence-corrected chi connectivity index (χ0v) is 16.4. The molecule has 29 heavy (non-hydrogen) atoms. The van der Waals surface area contributed by atoms with Crippen molar-refractivity contribution in [3.8, 4) is 17.2 Å². The number of rotatable bonds is 2. The second-order valence-corrected chi connectivity index (χ2v) is 8.00. The monoisotopic (exact) mass is 386 g/mol. The lowest BCUT2D eigenvalue weighted by molar-refractivity contribution is 0.416. The van der Waals surface area contributed by atoms with Crippen LogP contribution in [0.1, 0.15) is 30.1 Å². The Hall–Kier alpha value is -3.21. The number of aromatic nitrogens is 5.